The maximum Gasteiger partial charge on any atom is 0.0110 e. The van der Waals surface area contributed by atoms with Gasteiger partial charge in [-0.15, -0.1) is 49.6 Å². The van der Waals surface area contributed by atoms with Gasteiger partial charge in [-0.3, -0.25) is 9.80 Å². The predicted molar refractivity (Wildman–Crippen MR) is 173 cm³/mol. The summed E-state index contributed by atoms with van der Waals surface area (Å²) in [6.07, 6.45) is 23.2. The van der Waals surface area contributed by atoms with Gasteiger partial charge >= 0.3 is 0 Å². The fraction of sp³-hybridized carbons (Fsp3) is 1.00. The predicted octanol–water partition coefficient (Wildman–Crippen LogP) is 7.75. The van der Waals surface area contributed by atoms with E-state index in [1.165, 1.54) is 149 Å². The van der Waals surface area contributed by atoms with E-state index in [1.807, 2.05) is 0 Å². The Morgan fingerprint density at radius 3 is 1.11 bits per heavy atom. The summed E-state index contributed by atoms with van der Waals surface area (Å²) < 4.78 is 0. The van der Waals surface area contributed by atoms with Crippen LogP contribution >= 0.6 is 49.6 Å². The number of unbranched alkanes of at least 4 members (excludes halogenated alkanes) is 15. The quantitative estimate of drug-likeness (QED) is 0.111. The number of rotatable bonds is 24. The van der Waals surface area contributed by atoms with Crippen LogP contribution in [0.1, 0.15) is 117 Å². The Kier molecular flexibility index (Phi) is 44.0. The molecule has 1 heterocycles. The SMILES string of the molecule is CCCCCCCCCCCCCCCCCCNCCN1CCN(CCNCC)CC1.Cl.Cl.Cl.Cl. The van der Waals surface area contributed by atoms with E-state index < -0.39 is 0 Å². The zero-order valence-corrected chi connectivity index (χ0v) is 27.2. The minimum Gasteiger partial charge on any atom is -0.316 e. The number of hydrogen-bond donors (Lipinski definition) is 2. The lowest BCUT2D eigenvalue weighted by atomic mass is 10.0. The Bertz CT molecular complexity index is 373. The van der Waals surface area contributed by atoms with Crippen LogP contribution < -0.4 is 10.6 Å². The Morgan fingerprint density at radius 2 is 0.750 bits per heavy atom. The van der Waals surface area contributed by atoms with Gasteiger partial charge < -0.3 is 10.6 Å². The molecule has 8 heteroatoms. The molecule has 1 saturated heterocycles. The lowest BCUT2D eigenvalue weighted by Crippen LogP contribution is -2.49. The largest absolute Gasteiger partial charge is 0.316 e. The fourth-order valence-electron chi connectivity index (χ4n) is 4.81. The smallest absolute Gasteiger partial charge is 0.0110 e. The summed E-state index contributed by atoms with van der Waals surface area (Å²) in [4.78, 5) is 5.23. The topological polar surface area (TPSA) is 30.5 Å². The van der Waals surface area contributed by atoms with Crippen molar-refractivity contribution < 1.29 is 0 Å². The monoisotopic (exact) mass is 596 g/mol. The van der Waals surface area contributed by atoms with Gasteiger partial charge in [-0.25, -0.2) is 0 Å². The van der Waals surface area contributed by atoms with Crippen LogP contribution in [0.5, 0.6) is 0 Å². The van der Waals surface area contributed by atoms with Crippen molar-refractivity contribution in [3.63, 3.8) is 0 Å². The maximum absolute atomic E-state index is 3.67. The molecule has 0 amide bonds. The lowest BCUT2D eigenvalue weighted by molar-refractivity contribution is 0.134. The number of piperazine rings is 1. The van der Waals surface area contributed by atoms with Crippen LogP contribution in [0.2, 0.25) is 0 Å². The first-order chi connectivity index (χ1) is 15.9. The van der Waals surface area contributed by atoms with Crippen LogP contribution in [0.4, 0.5) is 0 Å². The van der Waals surface area contributed by atoms with Crippen molar-refractivity contribution in [3.05, 3.63) is 0 Å². The summed E-state index contributed by atoms with van der Waals surface area (Å²) in [6.45, 7) is 16.5. The lowest BCUT2D eigenvalue weighted by Gasteiger charge is -2.34. The molecular weight excluding hydrogens is 534 g/mol. The molecule has 0 aromatic rings. The normalized spacial score (nSPS) is 13.8. The molecule has 0 aromatic heterocycles. The van der Waals surface area contributed by atoms with Crippen molar-refractivity contribution in [2.75, 3.05) is 65.4 Å². The Balaban J connectivity index is -0.00000128. The number of nitrogens with zero attached hydrogens (tertiary/aromatic N) is 2. The first kappa shape index (κ1) is 44.0. The summed E-state index contributed by atoms with van der Waals surface area (Å²) in [6, 6.07) is 0. The second-order valence-electron chi connectivity index (χ2n) is 10.1. The second-order valence-corrected chi connectivity index (χ2v) is 10.1. The van der Waals surface area contributed by atoms with Crippen LogP contribution in [0, 0.1) is 0 Å². The minimum absolute atomic E-state index is 0. The van der Waals surface area contributed by atoms with E-state index in [1.54, 1.807) is 0 Å². The molecule has 1 aliphatic heterocycles. The average molecular weight is 599 g/mol. The molecule has 1 rings (SSSR count). The van der Waals surface area contributed by atoms with Crippen molar-refractivity contribution in [1.82, 2.24) is 20.4 Å². The van der Waals surface area contributed by atoms with E-state index >= 15 is 0 Å². The number of nitrogens with one attached hydrogen (secondary N) is 2. The summed E-state index contributed by atoms with van der Waals surface area (Å²) >= 11 is 0. The second kappa shape index (κ2) is 36.0. The Labute approximate surface area is 251 Å². The van der Waals surface area contributed by atoms with Gasteiger partial charge in [0.25, 0.3) is 0 Å². The molecule has 0 aliphatic carbocycles. The molecule has 0 atom stereocenters. The summed E-state index contributed by atoms with van der Waals surface area (Å²) in [5.41, 5.74) is 0. The van der Waals surface area contributed by atoms with Gasteiger partial charge in [-0.2, -0.15) is 0 Å². The molecule has 0 aromatic carbocycles. The van der Waals surface area contributed by atoms with Crippen LogP contribution in [0.3, 0.4) is 0 Å². The molecule has 1 aliphatic rings. The molecule has 1 fully saturated rings. The van der Waals surface area contributed by atoms with E-state index in [2.05, 4.69) is 34.3 Å². The molecule has 224 valence electrons. The molecule has 0 unspecified atom stereocenters. The highest BCUT2D eigenvalue weighted by Crippen LogP contribution is 2.13. The molecule has 0 saturated carbocycles. The first-order valence-corrected chi connectivity index (χ1v) is 14.7. The fourth-order valence-corrected chi connectivity index (χ4v) is 4.81. The number of hydrogen-bond acceptors (Lipinski definition) is 4. The van der Waals surface area contributed by atoms with E-state index in [0.717, 1.165) is 19.6 Å². The molecule has 0 radical (unpaired) electrons. The maximum atomic E-state index is 3.67. The first-order valence-electron chi connectivity index (χ1n) is 14.7. The van der Waals surface area contributed by atoms with Gasteiger partial charge in [-0.05, 0) is 19.5 Å². The van der Waals surface area contributed by atoms with Gasteiger partial charge in [0.2, 0.25) is 0 Å². The van der Waals surface area contributed by atoms with Gasteiger partial charge in [0.05, 0.1) is 0 Å². The zero-order valence-electron chi connectivity index (χ0n) is 23.9. The molecular formula is C28H64Cl4N4. The van der Waals surface area contributed by atoms with Crippen molar-refractivity contribution >= 4 is 49.6 Å². The summed E-state index contributed by atoms with van der Waals surface area (Å²) in [5, 5.41) is 7.10. The average Bonchev–Trinajstić information content (AvgIpc) is 2.81. The third kappa shape index (κ3) is 29.6. The molecule has 0 bridgehead atoms. The van der Waals surface area contributed by atoms with Gasteiger partial charge in [0.1, 0.15) is 0 Å². The summed E-state index contributed by atoms with van der Waals surface area (Å²) in [7, 11) is 0. The van der Waals surface area contributed by atoms with Crippen molar-refractivity contribution in [2.45, 2.75) is 117 Å². The van der Waals surface area contributed by atoms with E-state index in [9.17, 15) is 0 Å². The van der Waals surface area contributed by atoms with Crippen molar-refractivity contribution in [3.8, 4) is 0 Å². The number of likely N-dealkylation sites (N-methyl/N-ethyl adjacent to an activating group) is 1. The molecule has 4 nitrogen and oxygen atoms in total. The van der Waals surface area contributed by atoms with Gasteiger partial charge in [-0.1, -0.05) is 110 Å². The van der Waals surface area contributed by atoms with Gasteiger partial charge in [0.15, 0.2) is 0 Å². The zero-order chi connectivity index (χ0) is 23.0. The van der Waals surface area contributed by atoms with Crippen LogP contribution in [0.15, 0.2) is 0 Å². The highest BCUT2D eigenvalue weighted by Gasteiger charge is 2.15. The minimum atomic E-state index is 0. The third-order valence-corrected chi connectivity index (χ3v) is 7.13. The third-order valence-electron chi connectivity index (χ3n) is 7.13. The van der Waals surface area contributed by atoms with E-state index in [4.69, 9.17) is 0 Å². The van der Waals surface area contributed by atoms with Gasteiger partial charge in [0, 0.05) is 52.4 Å². The Hall–Kier alpha value is 1.00. The number of halogens is 4. The van der Waals surface area contributed by atoms with Crippen molar-refractivity contribution in [1.29, 1.82) is 0 Å². The van der Waals surface area contributed by atoms with Crippen molar-refractivity contribution in [2.24, 2.45) is 0 Å². The van der Waals surface area contributed by atoms with Crippen LogP contribution in [-0.2, 0) is 0 Å². The summed E-state index contributed by atoms with van der Waals surface area (Å²) in [5.74, 6) is 0. The van der Waals surface area contributed by atoms with Crippen LogP contribution in [-0.4, -0.2) is 75.2 Å². The molecule has 36 heavy (non-hydrogen) atoms. The standard InChI is InChI=1S/C28H60N4.4ClH/c1-3-5-6-7-8-9-10-11-12-13-14-15-16-17-18-19-20-30-22-24-32-27-25-31(26-28-32)23-21-29-4-2;;;;/h29-30H,3-28H2,1-2H3;4*1H. The highest BCUT2D eigenvalue weighted by molar-refractivity contribution is 5.86. The van der Waals surface area contributed by atoms with E-state index in [-0.39, 0.29) is 49.6 Å². The van der Waals surface area contributed by atoms with Crippen LogP contribution in [0.25, 0.3) is 0 Å². The Morgan fingerprint density at radius 1 is 0.417 bits per heavy atom. The molecule has 2 N–H and O–H groups in total. The molecule has 0 spiro atoms. The highest BCUT2D eigenvalue weighted by atomic mass is 35.5. The van der Waals surface area contributed by atoms with E-state index in [0.29, 0.717) is 0 Å².